The van der Waals surface area contributed by atoms with Crippen molar-refractivity contribution in [2.24, 2.45) is 0 Å². The van der Waals surface area contributed by atoms with Crippen LogP contribution in [0.5, 0.6) is 0 Å². The van der Waals surface area contributed by atoms with E-state index in [-0.39, 0.29) is 5.60 Å². The first kappa shape index (κ1) is 14.7. The summed E-state index contributed by atoms with van der Waals surface area (Å²) in [5, 5.41) is 3.57. The first-order valence-electron chi connectivity index (χ1n) is 8.36. The van der Waals surface area contributed by atoms with Gasteiger partial charge in [-0.15, -0.1) is 0 Å². The minimum absolute atomic E-state index is 0.00552. The Morgan fingerprint density at radius 1 is 1.35 bits per heavy atom. The van der Waals surface area contributed by atoms with Crippen LogP contribution in [0, 0.1) is 0 Å². The SMILES string of the molecule is c1ccc(N[C@H]2CCO[C@@]3(CCN(Cc4ccoc4)C3)C2)nc1. The van der Waals surface area contributed by atoms with Crippen LogP contribution in [0.3, 0.4) is 0 Å². The molecule has 2 fully saturated rings. The van der Waals surface area contributed by atoms with Crippen LogP contribution in [0.4, 0.5) is 5.82 Å². The lowest BCUT2D eigenvalue weighted by molar-refractivity contribution is -0.0737. The Bertz CT molecular complexity index is 616. The van der Waals surface area contributed by atoms with Crippen molar-refractivity contribution in [3.63, 3.8) is 0 Å². The Hall–Kier alpha value is -1.85. The molecular weight excluding hydrogens is 290 g/mol. The molecule has 0 aromatic carbocycles. The monoisotopic (exact) mass is 313 g/mol. The van der Waals surface area contributed by atoms with Gasteiger partial charge in [-0.2, -0.15) is 0 Å². The number of pyridine rings is 1. The third kappa shape index (κ3) is 3.41. The highest BCUT2D eigenvalue weighted by atomic mass is 16.5. The number of rotatable bonds is 4. The van der Waals surface area contributed by atoms with Crippen LogP contribution in [0.25, 0.3) is 0 Å². The third-order valence-electron chi connectivity index (χ3n) is 4.89. The molecule has 5 nitrogen and oxygen atoms in total. The maximum Gasteiger partial charge on any atom is 0.126 e. The van der Waals surface area contributed by atoms with E-state index in [1.165, 1.54) is 5.56 Å². The molecule has 2 atom stereocenters. The van der Waals surface area contributed by atoms with Crippen LogP contribution in [0.2, 0.25) is 0 Å². The molecule has 0 bridgehead atoms. The second-order valence-electron chi connectivity index (χ2n) is 6.67. The lowest BCUT2D eigenvalue weighted by Crippen LogP contribution is -2.46. The van der Waals surface area contributed by atoms with E-state index in [1.807, 2.05) is 36.7 Å². The summed E-state index contributed by atoms with van der Waals surface area (Å²) >= 11 is 0. The lowest BCUT2D eigenvalue weighted by atomic mass is 9.89. The minimum Gasteiger partial charge on any atom is -0.472 e. The summed E-state index contributed by atoms with van der Waals surface area (Å²) in [7, 11) is 0. The molecule has 2 aromatic heterocycles. The summed E-state index contributed by atoms with van der Waals surface area (Å²) in [5.41, 5.74) is 1.23. The predicted molar refractivity (Wildman–Crippen MR) is 88.2 cm³/mol. The van der Waals surface area contributed by atoms with E-state index in [2.05, 4.69) is 15.2 Å². The van der Waals surface area contributed by atoms with Gasteiger partial charge in [0.15, 0.2) is 0 Å². The van der Waals surface area contributed by atoms with Crippen LogP contribution in [0.15, 0.2) is 47.4 Å². The third-order valence-corrected chi connectivity index (χ3v) is 4.89. The first-order chi connectivity index (χ1) is 11.3. The number of nitrogens with one attached hydrogen (secondary N) is 1. The molecular formula is C18H23N3O2. The predicted octanol–water partition coefficient (Wildman–Crippen LogP) is 2.91. The van der Waals surface area contributed by atoms with Crippen molar-refractivity contribution in [1.29, 1.82) is 0 Å². The zero-order chi connectivity index (χ0) is 15.5. The summed E-state index contributed by atoms with van der Waals surface area (Å²) in [5.74, 6) is 0.961. The maximum absolute atomic E-state index is 6.22. The van der Waals surface area contributed by atoms with Crippen LogP contribution in [-0.4, -0.2) is 41.2 Å². The van der Waals surface area contributed by atoms with E-state index in [0.717, 1.165) is 51.3 Å². The molecule has 23 heavy (non-hydrogen) atoms. The molecule has 4 rings (SSSR count). The Morgan fingerprint density at radius 3 is 3.17 bits per heavy atom. The largest absolute Gasteiger partial charge is 0.472 e. The molecule has 5 heteroatoms. The highest BCUT2D eigenvalue weighted by molar-refractivity contribution is 5.34. The van der Waals surface area contributed by atoms with Crippen LogP contribution in [-0.2, 0) is 11.3 Å². The highest BCUT2D eigenvalue weighted by Gasteiger charge is 2.43. The number of aromatic nitrogens is 1. The van der Waals surface area contributed by atoms with Crippen molar-refractivity contribution in [3.8, 4) is 0 Å². The van der Waals surface area contributed by atoms with E-state index in [0.29, 0.717) is 6.04 Å². The second-order valence-corrected chi connectivity index (χ2v) is 6.67. The van der Waals surface area contributed by atoms with Crippen LogP contribution >= 0.6 is 0 Å². The number of furan rings is 1. The number of hydrogen-bond acceptors (Lipinski definition) is 5. The molecule has 0 radical (unpaired) electrons. The Morgan fingerprint density at radius 2 is 2.35 bits per heavy atom. The van der Waals surface area contributed by atoms with Gasteiger partial charge in [0.2, 0.25) is 0 Å². The van der Waals surface area contributed by atoms with Gasteiger partial charge in [-0.25, -0.2) is 4.98 Å². The van der Waals surface area contributed by atoms with Crippen molar-refractivity contribution in [1.82, 2.24) is 9.88 Å². The Balaban J connectivity index is 1.37. The molecule has 0 aliphatic carbocycles. The summed E-state index contributed by atoms with van der Waals surface area (Å²) in [6, 6.07) is 8.47. The van der Waals surface area contributed by atoms with Gasteiger partial charge in [-0.3, -0.25) is 4.90 Å². The van der Waals surface area contributed by atoms with Crippen molar-refractivity contribution < 1.29 is 9.15 Å². The molecule has 0 unspecified atom stereocenters. The van der Waals surface area contributed by atoms with Gasteiger partial charge in [0.05, 0.1) is 18.1 Å². The van der Waals surface area contributed by atoms with E-state index in [9.17, 15) is 0 Å². The lowest BCUT2D eigenvalue weighted by Gasteiger charge is -2.38. The van der Waals surface area contributed by atoms with Gasteiger partial charge in [0.1, 0.15) is 5.82 Å². The average Bonchev–Trinajstić information content (AvgIpc) is 3.20. The topological polar surface area (TPSA) is 50.5 Å². The summed E-state index contributed by atoms with van der Waals surface area (Å²) in [4.78, 5) is 6.85. The van der Waals surface area contributed by atoms with E-state index in [4.69, 9.17) is 9.15 Å². The average molecular weight is 313 g/mol. The summed E-state index contributed by atoms with van der Waals surface area (Å²) in [6.45, 7) is 3.85. The summed E-state index contributed by atoms with van der Waals surface area (Å²) in [6.07, 6.45) is 8.60. The fourth-order valence-electron chi connectivity index (χ4n) is 3.80. The van der Waals surface area contributed by atoms with Gasteiger partial charge < -0.3 is 14.5 Å². The van der Waals surface area contributed by atoms with E-state index < -0.39 is 0 Å². The molecule has 0 saturated carbocycles. The van der Waals surface area contributed by atoms with Crippen LogP contribution < -0.4 is 5.32 Å². The Kier molecular flexibility index (Phi) is 4.06. The number of ether oxygens (including phenoxy) is 1. The minimum atomic E-state index is -0.00552. The molecule has 2 aromatic rings. The molecule has 2 aliphatic rings. The quantitative estimate of drug-likeness (QED) is 0.940. The zero-order valence-electron chi connectivity index (χ0n) is 13.3. The van der Waals surface area contributed by atoms with Gasteiger partial charge in [-0.05, 0) is 37.5 Å². The number of hydrogen-bond donors (Lipinski definition) is 1. The number of nitrogens with zero attached hydrogens (tertiary/aromatic N) is 2. The molecule has 122 valence electrons. The van der Waals surface area contributed by atoms with Crippen LogP contribution in [0.1, 0.15) is 24.8 Å². The number of likely N-dealkylation sites (tertiary alicyclic amines) is 1. The molecule has 4 heterocycles. The molecule has 0 amide bonds. The van der Waals surface area contributed by atoms with Crippen molar-refractivity contribution >= 4 is 5.82 Å². The van der Waals surface area contributed by atoms with Crippen molar-refractivity contribution in [2.45, 2.75) is 37.5 Å². The van der Waals surface area contributed by atoms with Crippen molar-refractivity contribution in [2.75, 3.05) is 25.0 Å². The molecule has 2 saturated heterocycles. The molecule has 2 aliphatic heterocycles. The van der Waals surface area contributed by atoms with Gasteiger partial charge in [-0.1, -0.05) is 6.07 Å². The standard InChI is InChI=1S/C18H23N3O2/c1-2-7-19-17(3-1)20-16-5-10-23-18(11-16)6-8-21(14-18)12-15-4-9-22-13-15/h1-4,7,9,13,16H,5-6,8,10-12,14H2,(H,19,20)/t16-,18-/m0/s1. The van der Waals surface area contributed by atoms with Crippen molar-refractivity contribution in [3.05, 3.63) is 48.6 Å². The maximum atomic E-state index is 6.22. The highest BCUT2D eigenvalue weighted by Crippen LogP contribution is 2.35. The molecule has 1 N–H and O–H groups in total. The number of anilines is 1. The Labute approximate surface area is 136 Å². The van der Waals surface area contributed by atoms with E-state index in [1.54, 1.807) is 6.26 Å². The fraction of sp³-hybridized carbons (Fsp3) is 0.500. The smallest absolute Gasteiger partial charge is 0.126 e. The van der Waals surface area contributed by atoms with Gasteiger partial charge >= 0.3 is 0 Å². The second kappa shape index (κ2) is 6.34. The van der Waals surface area contributed by atoms with E-state index >= 15 is 0 Å². The molecule has 1 spiro atoms. The van der Waals surface area contributed by atoms with Gasteiger partial charge in [0.25, 0.3) is 0 Å². The summed E-state index contributed by atoms with van der Waals surface area (Å²) < 4.78 is 11.4. The van der Waals surface area contributed by atoms with Gasteiger partial charge in [0, 0.05) is 44.0 Å². The zero-order valence-corrected chi connectivity index (χ0v) is 13.3. The normalized spacial score (nSPS) is 28.3. The first-order valence-corrected chi connectivity index (χ1v) is 8.36. The fourth-order valence-corrected chi connectivity index (χ4v) is 3.80.